The quantitative estimate of drug-likeness (QED) is 0.848. The number of morpholine rings is 1. The van der Waals surface area contributed by atoms with Gasteiger partial charge in [-0.05, 0) is 0 Å². The molecule has 0 unspecified atom stereocenters. The van der Waals surface area contributed by atoms with Crippen LogP contribution in [0.5, 0.6) is 0 Å². The minimum Gasteiger partial charge on any atom is -0.378 e. The molecule has 1 aromatic heterocycles. The molecule has 2 rings (SSSR count). The van der Waals surface area contributed by atoms with Gasteiger partial charge in [0.1, 0.15) is 0 Å². The molecule has 0 bridgehead atoms. The van der Waals surface area contributed by atoms with E-state index in [9.17, 15) is 4.79 Å². The van der Waals surface area contributed by atoms with Crippen molar-refractivity contribution in [3.05, 3.63) is 16.6 Å². The fourth-order valence-electron chi connectivity index (χ4n) is 1.53. The van der Waals surface area contributed by atoms with Gasteiger partial charge in [-0.3, -0.25) is 0 Å². The van der Waals surface area contributed by atoms with Crippen molar-refractivity contribution in [2.45, 2.75) is 6.42 Å². The smallest absolute Gasteiger partial charge is 0.317 e. The van der Waals surface area contributed by atoms with Gasteiger partial charge in [0.15, 0.2) is 0 Å². The summed E-state index contributed by atoms with van der Waals surface area (Å²) in [4.78, 5) is 17.6. The standard InChI is InChI=1S/C10H15N3O2S/c14-10(13-4-6-15-7-5-13)12-2-1-9-11-3-8-16-9/h3,8H,1-2,4-7H2,(H,12,14). The predicted molar refractivity (Wildman–Crippen MR) is 61.6 cm³/mol. The van der Waals surface area contributed by atoms with Crippen LogP contribution in [0.15, 0.2) is 11.6 Å². The molecule has 5 nitrogen and oxygen atoms in total. The van der Waals surface area contributed by atoms with Crippen LogP contribution in [0.2, 0.25) is 0 Å². The Labute approximate surface area is 98.4 Å². The van der Waals surface area contributed by atoms with Crippen LogP contribution >= 0.6 is 11.3 Å². The van der Waals surface area contributed by atoms with Gasteiger partial charge in [0.25, 0.3) is 0 Å². The van der Waals surface area contributed by atoms with Crippen LogP contribution < -0.4 is 5.32 Å². The summed E-state index contributed by atoms with van der Waals surface area (Å²) in [6.07, 6.45) is 2.58. The lowest BCUT2D eigenvalue weighted by Crippen LogP contribution is -2.46. The van der Waals surface area contributed by atoms with Crippen molar-refractivity contribution in [1.29, 1.82) is 0 Å². The lowest BCUT2D eigenvalue weighted by Gasteiger charge is -2.26. The molecule has 16 heavy (non-hydrogen) atoms. The molecule has 1 aliphatic rings. The van der Waals surface area contributed by atoms with Gasteiger partial charge in [0.05, 0.1) is 18.2 Å². The maximum Gasteiger partial charge on any atom is 0.317 e. The van der Waals surface area contributed by atoms with E-state index in [1.54, 1.807) is 22.4 Å². The van der Waals surface area contributed by atoms with Crippen molar-refractivity contribution in [3.63, 3.8) is 0 Å². The van der Waals surface area contributed by atoms with Crippen LogP contribution in [0.4, 0.5) is 4.79 Å². The fraction of sp³-hybridized carbons (Fsp3) is 0.600. The number of hydrogen-bond donors (Lipinski definition) is 1. The minimum absolute atomic E-state index is 0.000133. The molecule has 1 aliphatic heterocycles. The van der Waals surface area contributed by atoms with Gasteiger partial charge in [-0.1, -0.05) is 0 Å². The fourth-order valence-corrected chi connectivity index (χ4v) is 2.15. The first kappa shape index (κ1) is 11.3. The number of urea groups is 1. The maximum absolute atomic E-state index is 11.7. The lowest BCUT2D eigenvalue weighted by atomic mass is 10.4. The lowest BCUT2D eigenvalue weighted by molar-refractivity contribution is 0.0533. The number of aromatic nitrogens is 1. The van der Waals surface area contributed by atoms with Crippen molar-refractivity contribution in [3.8, 4) is 0 Å². The van der Waals surface area contributed by atoms with Crippen molar-refractivity contribution < 1.29 is 9.53 Å². The van der Waals surface area contributed by atoms with E-state index >= 15 is 0 Å². The largest absolute Gasteiger partial charge is 0.378 e. The summed E-state index contributed by atoms with van der Waals surface area (Å²) in [7, 11) is 0. The molecule has 2 heterocycles. The van der Waals surface area contributed by atoms with E-state index in [1.165, 1.54) is 0 Å². The topological polar surface area (TPSA) is 54.5 Å². The number of nitrogens with one attached hydrogen (secondary N) is 1. The zero-order valence-corrected chi connectivity index (χ0v) is 9.83. The van der Waals surface area contributed by atoms with E-state index in [-0.39, 0.29) is 6.03 Å². The Balaban J connectivity index is 1.67. The highest BCUT2D eigenvalue weighted by Gasteiger charge is 2.15. The second kappa shape index (κ2) is 5.81. The van der Waals surface area contributed by atoms with E-state index in [1.807, 2.05) is 5.38 Å². The molecule has 0 aliphatic carbocycles. The molecular weight excluding hydrogens is 226 g/mol. The van der Waals surface area contributed by atoms with E-state index in [2.05, 4.69) is 10.3 Å². The highest BCUT2D eigenvalue weighted by atomic mass is 32.1. The van der Waals surface area contributed by atoms with E-state index in [4.69, 9.17) is 4.74 Å². The maximum atomic E-state index is 11.7. The number of carbonyl (C=O) groups excluding carboxylic acids is 1. The van der Waals surface area contributed by atoms with Crippen LogP contribution in [0.3, 0.4) is 0 Å². The van der Waals surface area contributed by atoms with Gasteiger partial charge >= 0.3 is 6.03 Å². The summed E-state index contributed by atoms with van der Waals surface area (Å²) in [6, 6.07) is -0.000133. The molecule has 0 saturated carbocycles. The van der Waals surface area contributed by atoms with Crippen molar-refractivity contribution >= 4 is 17.4 Å². The molecular formula is C10H15N3O2S. The Morgan fingerprint density at radius 3 is 3.06 bits per heavy atom. The van der Waals surface area contributed by atoms with Gasteiger partial charge in [-0.25, -0.2) is 9.78 Å². The zero-order chi connectivity index (χ0) is 11.2. The Hall–Kier alpha value is -1.14. The molecule has 1 fully saturated rings. The summed E-state index contributed by atoms with van der Waals surface area (Å²) in [5.41, 5.74) is 0. The van der Waals surface area contributed by atoms with Crippen molar-refractivity contribution in [2.24, 2.45) is 0 Å². The number of ether oxygens (including phenoxy) is 1. The van der Waals surface area contributed by atoms with Crippen molar-refractivity contribution in [1.82, 2.24) is 15.2 Å². The minimum atomic E-state index is -0.000133. The van der Waals surface area contributed by atoms with Gasteiger partial charge in [-0.15, -0.1) is 11.3 Å². The molecule has 1 aromatic rings. The number of thiazole rings is 1. The number of amides is 2. The molecule has 0 atom stereocenters. The van der Waals surface area contributed by atoms with Gasteiger partial charge < -0.3 is 15.0 Å². The Morgan fingerprint density at radius 2 is 2.38 bits per heavy atom. The van der Waals surface area contributed by atoms with Gasteiger partial charge in [0, 0.05) is 37.6 Å². The summed E-state index contributed by atoms with van der Waals surface area (Å²) in [5, 5.41) is 5.89. The third kappa shape index (κ3) is 3.18. The summed E-state index contributed by atoms with van der Waals surface area (Å²) in [6.45, 7) is 3.29. The van der Waals surface area contributed by atoms with Crippen LogP contribution in [-0.4, -0.2) is 48.8 Å². The molecule has 0 spiro atoms. The van der Waals surface area contributed by atoms with Gasteiger partial charge in [0.2, 0.25) is 0 Å². The number of rotatable bonds is 3. The second-order valence-electron chi connectivity index (χ2n) is 3.51. The third-order valence-electron chi connectivity index (χ3n) is 2.40. The van der Waals surface area contributed by atoms with E-state index in [0.29, 0.717) is 32.8 Å². The van der Waals surface area contributed by atoms with E-state index < -0.39 is 0 Å². The van der Waals surface area contributed by atoms with Crippen molar-refractivity contribution in [2.75, 3.05) is 32.8 Å². The number of carbonyl (C=O) groups is 1. The monoisotopic (exact) mass is 241 g/mol. The summed E-state index contributed by atoms with van der Waals surface area (Å²) < 4.78 is 5.18. The van der Waals surface area contributed by atoms with Crippen LogP contribution in [0.1, 0.15) is 5.01 Å². The van der Waals surface area contributed by atoms with Crippen LogP contribution in [0.25, 0.3) is 0 Å². The SMILES string of the molecule is O=C(NCCc1nccs1)N1CCOCC1. The normalized spacial score (nSPS) is 16.1. The first-order chi connectivity index (χ1) is 7.86. The third-order valence-corrected chi connectivity index (χ3v) is 3.24. The zero-order valence-electron chi connectivity index (χ0n) is 9.02. The van der Waals surface area contributed by atoms with Gasteiger partial charge in [-0.2, -0.15) is 0 Å². The Bertz CT molecular complexity index is 323. The van der Waals surface area contributed by atoms with Crippen LogP contribution in [-0.2, 0) is 11.2 Å². The molecule has 1 N–H and O–H groups in total. The molecule has 2 amide bonds. The van der Waals surface area contributed by atoms with Crippen LogP contribution in [0, 0.1) is 0 Å². The predicted octanol–water partition coefficient (Wildman–Crippen LogP) is 0.727. The Kier molecular flexibility index (Phi) is 4.12. The first-order valence-corrected chi connectivity index (χ1v) is 6.23. The Morgan fingerprint density at radius 1 is 1.56 bits per heavy atom. The average molecular weight is 241 g/mol. The molecule has 0 radical (unpaired) electrons. The first-order valence-electron chi connectivity index (χ1n) is 5.35. The summed E-state index contributed by atoms with van der Waals surface area (Å²) >= 11 is 1.61. The molecule has 0 aromatic carbocycles. The highest BCUT2D eigenvalue weighted by Crippen LogP contribution is 2.03. The average Bonchev–Trinajstić information content (AvgIpc) is 2.83. The molecule has 1 saturated heterocycles. The molecule has 6 heteroatoms. The number of hydrogen-bond acceptors (Lipinski definition) is 4. The molecule has 88 valence electrons. The number of nitrogens with zero attached hydrogens (tertiary/aromatic N) is 2. The summed E-state index contributed by atoms with van der Waals surface area (Å²) in [5.74, 6) is 0. The van der Waals surface area contributed by atoms with E-state index in [0.717, 1.165) is 11.4 Å². The second-order valence-corrected chi connectivity index (χ2v) is 4.49. The highest BCUT2D eigenvalue weighted by molar-refractivity contribution is 7.09.